The van der Waals surface area contributed by atoms with Crippen LogP contribution in [0.15, 0.2) is 34.6 Å². The molecule has 1 aromatic rings. The maximum atomic E-state index is 11.4. The van der Waals surface area contributed by atoms with E-state index in [9.17, 15) is 9.59 Å². The summed E-state index contributed by atoms with van der Waals surface area (Å²) in [7, 11) is 0. The van der Waals surface area contributed by atoms with Crippen LogP contribution in [0.1, 0.15) is 17.5 Å². The van der Waals surface area contributed by atoms with Gasteiger partial charge in [0.2, 0.25) is 0 Å². The average molecular weight is 234 g/mol. The minimum atomic E-state index is -0.783. The molecule has 0 aliphatic heterocycles. The number of hydrogen-bond acceptors (Lipinski definition) is 5. The Morgan fingerprint density at radius 3 is 2.94 bits per heavy atom. The third-order valence-corrected chi connectivity index (χ3v) is 1.71. The minimum Gasteiger partial charge on any atom is -0.462 e. The minimum absolute atomic E-state index is 0.0856. The summed E-state index contributed by atoms with van der Waals surface area (Å²) in [4.78, 5) is 22.6. The molecule has 0 aliphatic carbocycles. The van der Waals surface area contributed by atoms with Gasteiger partial charge in [-0.3, -0.25) is 4.79 Å². The summed E-state index contributed by atoms with van der Waals surface area (Å²) in [5.41, 5.74) is -0.285. The molecule has 1 aromatic heterocycles. The van der Waals surface area contributed by atoms with Crippen LogP contribution in [0.3, 0.4) is 0 Å². The second-order valence-electron chi connectivity index (χ2n) is 2.84. The molecule has 1 N–H and O–H groups in total. The van der Waals surface area contributed by atoms with Crippen LogP contribution >= 0.6 is 0 Å². The summed E-state index contributed by atoms with van der Waals surface area (Å²) in [5, 5.41) is 10.9. The number of amides is 1. The number of rotatable bonds is 4. The molecule has 0 saturated heterocycles. The Morgan fingerprint density at radius 2 is 2.41 bits per heavy atom. The van der Waals surface area contributed by atoms with Crippen LogP contribution in [0.2, 0.25) is 0 Å². The monoisotopic (exact) mass is 234 g/mol. The maximum absolute atomic E-state index is 11.4. The zero-order valence-corrected chi connectivity index (χ0v) is 9.10. The quantitative estimate of drug-likeness (QED) is 0.476. The van der Waals surface area contributed by atoms with Crippen molar-refractivity contribution in [3.05, 3.63) is 35.9 Å². The van der Waals surface area contributed by atoms with Crippen molar-refractivity contribution in [3.63, 3.8) is 0 Å². The van der Waals surface area contributed by atoms with Crippen LogP contribution in [0.4, 0.5) is 0 Å². The van der Waals surface area contributed by atoms with Gasteiger partial charge in [0.05, 0.1) is 12.9 Å². The van der Waals surface area contributed by atoms with Gasteiger partial charge >= 0.3 is 5.97 Å². The van der Waals surface area contributed by atoms with E-state index in [1.165, 1.54) is 12.3 Å². The Balaban J connectivity index is 2.66. The van der Waals surface area contributed by atoms with Crippen molar-refractivity contribution in [2.24, 2.45) is 0 Å². The van der Waals surface area contributed by atoms with Crippen LogP contribution in [-0.4, -0.2) is 18.5 Å². The summed E-state index contributed by atoms with van der Waals surface area (Å²) in [6, 6.07) is 4.64. The first-order chi connectivity index (χ1) is 8.19. The lowest BCUT2D eigenvalue weighted by Gasteiger charge is -2.00. The third-order valence-electron chi connectivity index (χ3n) is 1.71. The summed E-state index contributed by atoms with van der Waals surface area (Å²) in [6.07, 6.45) is 2.33. The third kappa shape index (κ3) is 3.50. The van der Waals surface area contributed by atoms with Crippen molar-refractivity contribution in [2.75, 3.05) is 6.61 Å². The molecule has 1 rings (SSSR count). The average Bonchev–Trinajstić information content (AvgIpc) is 2.83. The van der Waals surface area contributed by atoms with Crippen molar-refractivity contribution in [1.29, 1.82) is 5.26 Å². The Kier molecular flexibility index (Phi) is 4.51. The molecule has 0 fully saturated rings. The first kappa shape index (κ1) is 12.5. The topological polar surface area (TPSA) is 92.3 Å². The number of carbonyl (C=O) groups excluding carboxylic acids is 2. The Morgan fingerprint density at radius 1 is 1.65 bits per heavy atom. The molecule has 1 amide bonds. The second-order valence-corrected chi connectivity index (χ2v) is 2.84. The number of ether oxygens (including phenoxy) is 1. The van der Waals surface area contributed by atoms with Crippen LogP contribution in [-0.2, 0) is 9.53 Å². The molecule has 0 spiro atoms. The highest BCUT2D eigenvalue weighted by Gasteiger charge is 2.11. The fraction of sp³-hybridized carbons (Fsp3) is 0.182. The molecule has 0 unspecified atom stereocenters. The van der Waals surface area contributed by atoms with E-state index in [0.717, 1.165) is 6.20 Å². The molecule has 1 heterocycles. The van der Waals surface area contributed by atoms with E-state index in [1.807, 2.05) is 0 Å². The van der Waals surface area contributed by atoms with E-state index in [2.05, 4.69) is 10.1 Å². The zero-order valence-electron chi connectivity index (χ0n) is 9.10. The highest BCUT2D eigenvalue weighted by molar-refractivity contribution is 5.95. The SMILES string of the molecule is CCOC(=O)C(C#N)=CNC(=O)c1ccco1. The Hall–Kier alpha value is -2.55. The number of carbonyl (C=O) groups is 2. The predicted molar refractivity (Wildman–Crippen MR) is 56.5 cm³/mol. The first-order valence-electron chi connectivity index (χ1n) is 4.80. The summed E-state index contributed by atoms with van der Waals surface area (Å²) >= 11 is 0. The normalized spacial score (nSPS) is 10.5. The highest BCUT2D eigenvalue weighted by Crippen LogP contribution is 2.00. The Bertz CT molecular complexity index is 468. The molecule has 0 radical (unpaired) electrons. The van der Waals surface area contributed by atoms with E-state index >= 15 is 0 Å². The van der Waals surface area contributed by atoms with Crippen LogP contribution < -0.4 is 5.32 Å². The fourth-order valence-corrected chi connectivity index (χ4v) is 0.962. The lowest BCUT2D eigenvalue weighted by Crippen LogP contribution is -2.19. The van der Waals surface area contributed by atoms with Gasteiger partial charge in [0.25, 0.3) is 5.91 Å². The molecular formula is C11H10N2O4. The molecule has 0 aromatic carbocycles. The van der Waals surface area contributed by atoms with E-state index < -0.39 is 11.9 Å². The van der Waals surface area contributed by atoms with Crippen molar-refractivity contribution >= 4 is 11.9 Å². The van der Waals surface area contributed by atoms with Gasteiger partial charge in [-0.2, -0.15) is 5.26 Å². The fourth-order valence-electron chi connectivity index (χ4n) is 0.962. The number of nitrogens with zero attached hydrogens (tertiary/aromatic N) is 1. The van der Waals surface area contributed by atoms with Gasteiger partial charge in [-0.15, -0.1) is 0 Å². The summed E-state index contributed by atoms with van der Waals surface area (Å²) in [5.74, 6) is -1.25. The lowest BCUT2D eigenvalue weighted by atomic mass is 10.3. The van der Waals surface area contributed by atoms with Gasteiger partial charge in [-0.25, -0.2) is 4.79 Å². The van der Waals surface area contributed by atoms with Crippen molar-refractivity contribution in [2.45, 2.75) is 6.92 Å². The van der Waals surface area contributed by atoms with Crippen LogP contribution in [0.25, 0.3) is 0 Å². The van der Waals surface area contributed by atoms with E-state index in [-0.39, 0.29) is 17.9 Å². The number of furan rings is 1. The van der Waals surface area contributed by atoms with Crippen molar-refractivity contribution < 1.29 is 18.7 Å². The van der Waals surface area contributed by atoms with Gasteiger partial charge in [-0.1, -0.05) is 0 Å². The smallest absolute Gasteiger partial charge is 0.350 e. The zero-order chi connectivity index (χ0) is 12.7. The van der Waals surface area contributed by atoms with Gasteiger partial charge in [0.1, 0.15) is 6.07 Å². The van der Waals surface area contributed by atoms with E-state index in [1.54, 1.807) is 19.1 Å². The molecule has 0 saturated carbocycles. The molecule has 6 heteroatoms. The van der Waals surface area contributed by atoms with Gasteiger partial charge in [0, 0.05) is 6.20 Å². The molecule has 6 nitrogen and oxygen atoms in total. The molecular weight excluding hydrogens is 224 g/mol. The van der Waals surface area contributed by atoms with E-state index in [4.69, 9.17) is 9.68 Å². The Labute approximate surface area is 97.5 Å². The lowest BCUT2D eigenvalue weighted by molar-refractivity contribution is -0.138. The van der Waals surface area contributed by atoms with Crippen LogP contribution in [0, 0.1) is 11.3 Å². The van der Waals surface area contributed by atoms with Crippen molar-refractivity contribution in [3.8, 4) is 6.07 Å². The number of hydrogen-bond donors (Lipinski definition) is 1. The number of nitriles is 1. The predicted octanol–water partition coefficient (Wildman–Crippen LogP) is 0.980. The highest BCUT2D eigenvalue weighted by atomic mass is 16.5. The van der Waals surface area contributed by atoms with Gasteiger partial charge in [-0.05, 0) is 19.1 Å². The van der Waals surface area contributed by atoms with Crippen molar-refractivity contribution in [1.82, 2.24) is 5.32 Å². The van der Waals surface area contributed by atoms with Gasteiger partial charge < -0.3 is 14.5 Å². The van der Waals surface area contributed by atoms with E-state index in [0.29, 0.717) is 0 Å². The summed E-state index contributed by atoms with van der Waals surface area (Å²) < 4.78 is 9.44. The first-order valence-corrected chi connectivity index (χ1v) is 4.80. The number of nitrogens with one attached hydrogen (secondary N) is 1. The van der Waals surface area contributed by atoms with Crippen LogP contribution in [0.5, 0.6) is 0 Å². The van der Waals surface area contributed by atoms with Gasteiger partial charge in [0.15, 0.2) is 11.3 Å². The second kappa shape index (κ2) is 6.12. The molecule has 0 aliphatic rings. The molecule has 0 atom stereocenters. The molecule has 0 bridgehead atoms. The molecule has 17 heavy (non-hydrogen) atoms. The largest absolute Gasteiger partial charge is 0.462 e. The maximum Gasteiger partial charge on any atom is 0.350 e. The molecule has 88 valence electrons. The standard InChI is InChI=1S/C11H10N2O4/c1-2-16-11(15)8(6-12)7-13-10(14)9-4-3-5-17-9/h3-5,7H,2H2,1H3,(H,13,14). The number of esters is 1. The summed E-state index contributed by atoms with van der Waals surface area (Å²) in [6.45, 7) is 1.78.